The highest BCUT2D eigenvalue weighted by Gasteiger charge is 2.29. The lowest BCUT2D eigenvalue weighted by atomic mass is 10.2. The van der Waals surface area contributed by atoms with Crippen molar-refractivity contribution in [3.8, 4) is 5.69 Å². The van der Waals surface area contributed by atoms with E-state index >= 15 is 0 Å². The molecule has 2 saturated heterocycles. The molecule has 2 aliphatic heterocycles. The fourth-order valence-corrected chi connectivity index (χ4v) is 3.93. The zero-order valence-corrected chi connectivity index (χ0v) is 16.0. The Balaban J connectivity index is 1.37. The molecular formula is C21H28N4O2. The van der Waals surface area contributed by atoms with Gasteiger partial charge in [0.15, 0.2) is 0 Å². The lowest BCUT2D eigenvalue weighted by molar-refractivity contribution is -0.140. The van der Waals surface area contributed by atoms with Gasteiger partial charge in [0.25, 0.3) is 5.91 Å². The molecular weight excluding hydrogens is 340 g/mol. The maximum atomic E-state index is 12.6. The lowest BCUT2D eigenvalue weighted by Crippen LogP contribution is -2.41. The van der Waals surface area contributed by atoms with Gasteiger partial charge in [0, 0.05) is 51.1 Å². The molecule has 4 rings (SSSR count). The molecule has 0 bridgehead atoms. The van der Waals surface area contributed by atoms with Gasteiger partial charge in [0.1, 0.15) is 6.10 Å². The number of benzene rings is 1. The Kier molecular flexibility index (Phi) is 5.55. The van der Waals surface area contributed by atoms with Crippen LogP contribution in [0.25, 0.3) is 5.69 Å². The summed E-state index contributed by atoms with van der Waals surface area (Å²) in [6.45, 7) is 7.18. The molecule has 0 aliphatic carbocycles. The van der Waals surface area contributed by atoms with E-state index < -0.39 is 0 Å². The van der Waals surface area contributed by atoms with Crippen LogP contribution in [-0.4, -0.2) is 64.4 Å². The van der Waals surface area contributed by atoms with E-state index in [-0.39, 0.29) is 12.0 Å². The van der Waals surface area contributed by atoms with Crippen LogP contribution >= 0.6 is 0 Å². The number of hydrogen-bond donors (Lipinski definition) is 0. The van der Waals surface area contributed by atoms with E-state index in [1.165, 1.54) is 5.56 Å². The number of aryl methyl sites for hydroxylation is 1. The predicted molar refractivity (Wildman–Crippen MR) is 104 cm³/mol. The maximum Gasteiger partial charge on any atom is 0.251 e. The molecule has 1 amide bonds. The third-order valence-corrected chi connectivity index (χ3v) is 5.52. The van der Waals surface area contributed by atoms with Gasteiger partial charge < -0.3 is 9.64 Å². The van der Waals surface area contributed by atoms with Crippen LogP contribution in [0.3, 0.4) is 0 Å². The van der Waals surface area contributed by atoms with E-state index in [1.807, 2.05) is 27.8 Å². The predicted octanol–water partition coefficient (Wildman–Crippen LogP) is 2.39. The second-order valence-electron chi connectivity index (χ2n) is 7.48. The molecule has 27 heavy (non-hydrogen) atoms. The summed E-state index contributed by atoms with van der Waals surface area (Å²) in [7, 11) is 0. The molecule has 2 aliphatic rings. The van der Waals surface area contributed by atoms with Crippen molar-refractivity contribution in [3.05, 3.63) is 47.8 Å². The molecule has 0 N–H and O–H groups in total. The van der Waals surface area contributed by atoms with Gasteiger partial charge in [-0.25, -0.2) is 4.68 Å². The molecule has 6 nitrogen and oxygen atoms in total. The van der Waals surface area contributed by atoms with E-state index in [0.717, 1.165) is 70.0 Å². The molecule has 3 heterocycles. The van der Waals surface area contributed by atoms with Crippen LogP contribution in [-0.2, 0) is 16.1 Å². The van der Waals surface area contributed by atoms with Crippen molar-refractivity contribution >= 4 is 5.91 Å². The minimum absolute atomic E-state index is 0.183. The fraction of sp³-hybridized carbons (Fsp3) is 0.524. The Hall–Kier alpha value is -2.18. The van der Waals surface area contributed by atoms with Gasteiger partial charge in [-0.05, 0) is 38.3 Å². The van der Waals surface area contributed by atoms with Crippen molar-refractivity contribution in [2.75, 3.05) is 32.8 Å². The third kappa shape index (κ3) is 4.22. The van der Waals surface area contributed by atoms with Crippen molar-refractivity contribution in [3.63, 3.8) is 0 Å². The number of carbonyl (C=O) groups is 1. The summed E-state index contributed by atoms with van der Waals surface area (Å²) >= 11 is 0. The topological polar surface area (TPSA) is 50.6 Å². The van der Waals surface area contributed by atoms with Crippen LogP contribution in [0, 0.1) is 6.92 Å². The van der Waals surface area contributed by atoms with Crippen molar-refractivity contribution in [1.29, 1.82) is 0 Å². The first-order valence-electron chi connectivity index (χ1n) is 9.94. The maximum absolute atomic E-state index is 12.6. The normalized spacial score (nSPS) is 21.4. The lowest BCUT2D eigenvalue weighted by Gasteiger charge is -2.24. The average molecular weight is 368 g/mol. The van der Waals surface area contributed by atoms with Gasteiger partial charge in [0.05, 0.1) is 11.4 Å². The Morgan fingerprint density at radius 1 is 1.15 bits per heavy atom. The molecule has 1 aromatic heterocycles. The summed E-state index contributed by atoms with van der Waals surface area (Å²) in [6.07, 6.45) is 4.80. The Bertz CT molecular complexity index is 768. The molecule has 0 spiro atoms. The number of nitrogens with zero attached hydrogens (tertiary/aromatic N) is 4. The molecule has 0 unspecified atom stereocenters. The highest BCUT2D eigenvalue weighted by atomic mass is 16.5. The summed E-state index contributed by atoms with van der Waals surface area (Å²) in [5.74, 6) is 0.183. The van der Waals surface area contributed by atoms with Crippen molar-refractivity contribution in [1.82, 2.24) is 19.6 Å². The number of hydrogen-bond acceptors (Lipinski definition) is 4. The SMILES string of the molecule is Cc1nn(-c2ccccc2)cc1CN1CCCN(C(=O)[C@H]2CCCO2)CC1. The molecule has 6 heteroatoms. The van der Waals surface area contributed by atoms with Crippen LogP contribution in [0.5, 0.6) is 0 Å². The monoisotopic (exact) mass is 368 g/mol. The summed E-state index contributed by atoms with van der Waals surface area (Å²) < 4.78 is 7.53. The Morgan fingerprint density at radius 2 is 2.00 bits per heavy atom. The first-order chi connectivity index (χ1) is 13.2. The first-order valence-corrected chi connectivity index (χ1v) is 9.94. The number of para-hydroxylation sites is 1. The zero-order valence-electron chi connectivity index (χ0n) is 16.0. The van der Waals surface area contributed by atoms with E-state index in [4.69, 9.17) is 4.74 Å². The minimum Gasteiger partial charge on any atom is -0.368 e. The smallest absolute Gasteiger partial charge is 0.251 e. The number of carbonyl (C=O) groups excluding carboxylic acids is 1. The highest BCUT2D eigenvalue weighted by Crippen LogP contribution is 2.18. The summed E-state index contributed by atoms with van der Waals surface area (Å²) in [5.41, 5.74) is 3.39. The molecule has 1 aromatic carbocycles. The van der Waals surface area contributed by atoms with Crippen molar-refractivity contribution in [2.24, 2.45) is 0 Å². The quantitative estimate of drug-likeness (QED) is 0.832. The summed E-state index contributed by atoms with van der Waals surface area (Å²) in [6, 6.07) is 10.2. The molecule has 0 saturated carbocycles. The van der Waals surface area contributed by atoms with E-state index in [2.05, 4.69) is 35.3 Å². The van der Waals surface area contributed by atoms with Crippen LogP contribution in [0.4, 0.5) is 0 Å². The first kappa shape index (κ1) is 18.2. The van der Waals surface area contributed by atoms with Gasteiger partial charge >= 0.3 is 0 Å². The van der Waals surface area contributed by atoms with Crippen molar-refractivity contribution in [2.45, 2.75) is 38.8 Å². The minimum atomic E-state index is -0.206. The van der Waals surface area contributed by atoms with Crippen LogP contribution in [0.2, 0.25) is 0 Å². The molecule has 144 valence electrons. The third-order valence-electron chi connectivity index (χ3n) is 5.52. The number of ether oxygens (including phenoxy) is 1. The van der Waals surface area contributed by atoms with Gasteiger partial charge in [-0.1, -0.05) is 18.2 Å². The van der Waals surface area contributed by atoms with E-state index in [9.17, 15) is 4.79 Å². The number of aromatic nitrogens is 2. The summed E-state index contributed by atoms with van der Waals surface area (Å²) in [5, 5.41) is 4.67. The van der Waals surface area contributed by atoms with Crippen LogP contribution in [0.15, 0.2) is 36.5 Å². The largest absolute Gasteiger partial charge is 0.368 e. The standard InChI is InChI=1S/C21H28N4O2/c1-17-18(16-25(22-17)19-7-3-2-4-8-19)15-23-10-6-11-24(13-12-23)21(26)20-9-5-14-27-20/h2-4,7-8,16,20H,5-6,9-15H2,1H3/t20-/m1/s1. The molecule has 0 radical (unpaired) electrons. The molecule has 2 aromatic rings. The van der Waals surface area contributed by atoms with Gasteiger partial charge in [-0.3, -0.25) is 9.69 Å². The molecule has 1 atom stereocenters. The van der Waals surface area contributed by atoms with Gasteiger partial charge in [-0.15, -0.1) is 0 Å². The Labute approximate surface area is 160 Å². The second-order valence-corrected chi connectivity index (χ2v) is 7.48. The average Bonchev–Trinajstić information content (AvgIpc) is 3.28. The van der Waals surface area contributed by atoms with E-state index in [0.29, 0.717) is 0 Å². The number of amides is 1. The highest BCUT2D eigenvalue weighted by molar-refractivity contribution is 5.81. The second kappa shape index (κ2) is 8.23. The fourth-order valence-electron chi connectivity index (χ4n) is 3.93. The Morgan fingerprint density at radius 3 is 2.78 bits per heavy atom. The van der Waals surface area contributed by atoms with Crippen LogP contribution < -0.4 is 0 Å². The van der Waals surface area contributed by atoms with Crippen molar-refractivity contribution < 1.29 is 9.53 Å². The van der Waals surface area contributed by atoms with Gasteiger partial charge in [0.2, 0.25) is 0 Å². The number of rotatable bonds is 4. The summed E-state index contributed by atoms with van der Waals surface area (Å²) in [4.78, 5) is 17.0. The zero-order chi connectivity index (χ0) is 18.6. The van der Waals surface area contributed by atoms with Gasteiger partial charge in [-0.2, -0.15) is 5.10 Å². The van der Waals surface area contributed by atoms with E-state index in [1.54, 1.807) is 0 Å². The van der Waals surface area contributed by atoms with Crippen LogP contribution in [0.1, 0.15) is 30.5 Å². The molecule has 2 fully saturated rings.